The third kappa shape index (κ3) is 5.90. The van der Waals surface area contributed by atoms with E-state index in [0.29, 0.717) is 19.5 Å². The number of rotatable bonds is 5. The third-order valence-corrected chi connectivity index (χ3v) is 1.88. The number of carbonyl (C=O) groups excluding carboxylic acids is 2. The fourth-order valence-corrected chi connectivity index (χ4v) is 0.830. The summed E-state index contributed by atoms with van der Waals surface area (Å²) in [5.41, 5.74) is 5.50. The molecule has 0 heterocycles. The second kappa shape index (κ2) is 7.05. The first-order valence-corrected chi connectivity index (χ1v) is 4.97. The first kappa shape index (κ1) is 13.7. The highest BCUT2D eigenvalue weighted by molar-refractivity contribution is 5.81. The fraction of sp³-hybridized carbons (Fsp3) is 0.778. The summed E-state index contributed by atoms with van der Waals surface area (Å²) >= 11 is 0. The largest absolute Gasteiger partial charge is 0.353 e. The summed E-state index contributed by atoms with van der Waals surface area (Å²) < 4.78 is 0. The number of nitrogens with one attached hydrogen (secondary N) is 2. The van der Waals surface area contributed by atoms with Crippen LogP contribution in [0.25, 0.3) is 0 Å². The SMILES string of the molecule is CCC(N)C(=O)NCCNC(=O)N(C)C. The van der Waals surface area contributed by atoms with Crippen molar-refractivity contribution in [3.63, 3.8) is 0 Å². The van der Waals surface area contributed by atoms with Crippen molar-refractivity contribution in [2.45, 2.75) is 19.4 Å². The lowest BCUT2D eigenvalue weighted by atomic mass is 10.2. The van der Waals surface area contributed by atoms with Gasteiger partial charge in [-0.2, -0.15) is 0 Å². The zero-order valence-electron chi connectivity index (χ0n) is 9.54. The van der Waals surface area contributed by atoms with Crippen LogP contribution in [0.3, 0.4) is 0 Å². The maximum atomic E-state index is 11.2. The van der Waals surface area contributed by atoms with Gasteiger partial charge >= 0.3 is 6.03 Å². The van der Waals surface area contributed by atoms with Gasteiger partial charge in [0.2, 0.25) is 5.91 Å². The summed E-state index contributed by atoms with van der Waals surface area (Å²) in [5.74, 6) is -0.184. The summed E-state index contributed by atoms with van der Waals surface area (Å²) in [6.07, 6.45) is 0.607. The Morgan fingerprint density at radius 1 is 1.27 bits per heavy atom. The highest BCUT2D eigenvalue weighted by atomic mass is 16.2. The van der Waals surface area contributed by atoms with Crippen molar-refractivity contribution in [1.29, 1.82) is 0 Å². The molecule has 1 atom stereocenters. The lowest BCUT2D eigenvalue weighted by Gasteiger charge is -2.13. The minimum absolute atomic E-state index is 0.177. The molecule has 88 valence electrons. The van der Waals surface area contributed by atoms with Gasteiger partial charge in [0, 0.05) is 27.2 Å². The maximum Gasteiger partial charge on any atom is 0.316 e. The second-order valence-electron chi connectivity index (χ2n) is 3.43. The van der Waals surface area contributed by atoms with E-state index in [9.17, 15) is 9.59 Å². The Bertz CT molecular complexity index is 218. The van der Waals surface area contributed by atoms with Gasteiger partial charge in [-0.3, -0.25) is 4.79 Å². The van der Waals surface area contributed by atoms with E-state index < -0.39 is 6.04 Å². The Morgan fingerprint density at radius 2 is 1.80 bits per heavy atom. The Kier molecular flexibility index (Phi) is 6.44. The molecule has 0 aliphatic carbocycles. The van der Waals surface area contributed by atoms with Gasteiger partial charge in [-0.1, -0.05) is 6.92 Å². The number of amides is 3. The van der Waals surface area contributed by atoms with Crippen LogP contribution in [0.4, 0.5) is 4.79 Å². The van der Waals surface area contributed by atoms with Crippen LogP contribution in [-0.2, 0) is 4.79 Å². The quantitative estimate of drug-likeness (QED) is 0.521. The normalized spacial score (nSPS) is 11.7. The number of urea groups is 1. The van der Waals surface area contributed by atoms with Gasteiger partial charge in [0.05, 0.1) is 6.04 Å². The number of nitrogens with two attached hydrogens (primary N) is 1. The molecule has 0 fully saturated rings. The molecule has 0 rings (SSSR count). The van der Waals surface area contributed by atoms with Crippen LogP contribution < -0.4 is 16.4 Å². The number of hydrogen-bond donors (Lipinski definition) is 3. The van der Waals surface area contributed by atoms with Gasteiger partial charge < -0.3 is 21.3 Å². The molecule has 1 unspecified atom stereocenters. The molecular weight excluding hydrogens is 196 g/mol. The van der Waals surface area contributed by atoms with Crippen molar-refractivity contribution in [2.24, 2.45) is 5.73 Å². The molecule has 0 aromatic carbocycles. The van der Waals surface area contributed by atoms with E-state index in [0.717, 1.165) is 0 Å². The van der Waals surface area contributed by atoms with Gasteiger partial charge in [-0.15, -0.1) is 0 Å². The lowest BCUT2D eigenvalue weighted by Crippen LogP contribution is -2.44. The van der Waals surface area contributed by atoms with E-state index in [1.165, 1.54) is 4.90 Å². The lowest BCUT2D eigenvalue weighted by molar-refractivity contribution is -0.122. The van der Waals surface area contributed by atoms with E-state index in [1.54, 1.807) is 14.1 Å². The average Bonchev–Trinajstić information content (AvgIpc) is 2.22. The molecule has 0 aliphatic heterocycles. The zero-order valence-corrected chi connectivity index (χ0v) is 9.54. The molecule has 0 aromatic heterocycles. The maximum absolute atomic E-state index is 11.2. The molecule has 0 aliphatic rings. The second-order valence-corrected chi connectivity index (χ2v) is 3.43. The van der Waals surface area contributed by atoms with Crippen LogP contribution >= 0.6 is 0 Å². The molecule has 6 heteroatoms. The molecule has 0 aromatic rings. The molecule has 0 saturated carbocycles. The molecule has 0 radical (unpaired) electrons. The number of nitrogens with zero attached hydrogens (tertiary/aromatic N) is 1. The fourth-order valence-electron chi connectivity index (χ4n) is 0.830. The summed E-state index contributed by atoms with van der Waals surface area (Å²) in [6.45, 7) is 2.64. The van der Waals surface area contributed by atoms with Gasteiger partial charge in [-0.05, 0) is 6.42 Å². The zero-order chi connectivity index (χ0) is 11.8. The first-order valence-electron chi connectivity index (χ1n) is 4.97. The number of hydrogen-bond acceptors (Lipinski definition) is 3. The first-order chi connectivity index (χ1) is 6.99. The Balaban J connectivity index is 3.55. The van der Waals surface area contributed by atoms with Crippen molar-refractivity contribution in [3.8, 4) is 0 Å². The minimum Gasteiger partial charge on any atom is -0.353 e. The van der Waals surface area contributed by atoms with Gasteiger partial charge in [-0.25, -0.2) is 4.79 Å². The predicted octanol–water partition coefficient (Wildman–Crippen LogP) is -0.889. The molecule has 0 saturated heterocycles. The Hall–Kier alpha value is -1.30. The van der Waals surface area contributed by atoms with Crippen LogP contribution in [0.1, 0.15) is 13.3 Å². The van der Waals surface area contributed by atoms with E-state index in [-0.39, 0.29) is 11.9 Å². The molecule has 0 bridgehead atoms. The summed E-state index contributed by atoms with van der Waals surface area (Å²) in [7, 11) is 3.31. The Labute approximate surface area is 90.2 Å². The molecule has 4 N–H and O–H groups in total. The minimum atomic E-state index is -0.463. The molecule has 6 nitrogen and oxygen atoms in total. The van der Waals surface area contributed by atoms with Crippen molar-refractivity contribution < 1.29 is 9.59 Å². The van der Waals surface area contributed by atoms with Gasteiger partial charge in [0.1, 0.15) is 0 Å². The van der Waals surface area contributed by atoms with E-state index >= 15 is 0 Å². The monoisotopic (exact) mass is 216 g/mol. The van der Waals surface area contributed by atoms with Crippen LogP contribution in [0.2, 0.25) is 0 Å². The summed E-state index contributed by atoms with van der Waals surface area (Å²) in [5, 5.41) is 5.26. The number of carbonyl (C=O) groups is 2. The smallest absolute Gasteiger partial charge is 0.316 e. The van der Waals surface area contributed by atoms with Crippen molar-refractivity contribution in [3.05, 3.63) is 0 Å². The molecule has 0 spiro atoms. The topological polar surface area (TPSA) is 87.5 Å². The standard InChI is InChI=1S/C9H20N4O2/c1-4-7(10)8(14)11-5-6-12-9(15)13(2)3/h7H,4-6,10H2,1-3H3,(H,11,14)(H,12,15). The summed E-state index contributed by atoms with van der Waals surface area (Å²) in [4.78, 5) is 23.7. The van der Waals surface area contributed by atoms with Crippen molar-refractivity contribution >= 4 is 11.9 Å². The van der Waals surface area contributed by atoms with E-state index in [2.05, 4.69) is 10.6 Å². The van der Waals surface area contributed by atoms with Crippen LogP contribution in [0.5, 0.6) is 0 Å². The van der Waals surface area contributed by atoms with Gasteiger partial charge in [0.25, 0.3) is 0 Å². The highest BCUT2D eigenvalue weighted by Gasteiger charge is 2.09. The van der Waals surface area contributed by atoms with E-state index in [4.69, 9.17) is 5.73 Å². The van der Waals surface area contributed by atoms with Crippen molar-refractivity contribution in [1.82, 2.24) is 15.5 Å². The molecular formula is C9H20N4O2. The molecule has 3 amide bonds. The average molecular weight is 216 g/mol. The summed E-state index contributed by atoms with van der Waals surface area (Å²) in [6, 6.07) is -0.640. The van der Waals surface area contributed by atoms with Crippen LogP contribution in [0, 0.1) is 0 Å². The van der Waals surface area contributed by atoms with E-state index in [1.807, 2.05) is 6.92 Å². The van der Waals surface area contributed by atoms with Crippen molar-refractivity contribution in [2.75, 3.05) is 27.2 Å². The molecule has 15 heavy (non-hydrogen) atoms. The third-order valence-electron chi connectivity index (χ3n) is 1.88. The highest BCUT2D eigenvalue weighted by Crippen LogP contribution is 1.84. The Morgan fingerprint density at radius 3 is 2.27 bits per heavy atom. The van der Waals surface area contributed by atoms with Crippen LogP contribution in [-0.4, -0.2) is 50.1 Å². The van der Waals surface area contributed by atoms with Gasteiger partial charge in [0.15, 0.2) is 0 Å². The predicted molar refractivity (Wildman–Crippen MR) is 58.4 cm³/mol. The van der Waals surface area contributed by atoms with Crippen LogP contribution in [0.15, 0.2) is 0 Å².